The molecule has 1 aliphatic heterocycles. The Morgan fingerprint density at radius 3 is 2.59 bits per heavy atom. The number of fused-ring (bicyclic) bond motifs is 1. The maximum absolute atomic E-state index is 13.5. The van der Waals surface area contributed by atoms with Crippen molar-refractivity contribution in [3.8, 4) is 0 Å². The zero-order valence-electron chi connectivity index (χ0n) is 17.8. The molecule has 0 bridgehead atoms. The summed E-state index contributed by atoms with van der Waals surface area (Å²) >= 11 is 2.95. The van der Waals surface area contributed by atoms with E-state index >= 15 is 0 Å². The van der Waals surface area contributed by atoms with Crippen molar-refractivity contribution in [2.45, 2.75) is 17.9 Å². The van der Waals surface area contributed by atoms with Crippen molar-refractivity contribution in [2.24, 2.45) is 4.99 Å². The number of ether oxygens (including phenoxy) is 1. The van der Waals surface area contributed by atoms with Gasteiger partial charge in [0, 0.05) is 4.90 Å². The number of hydrogen-bond acceptors (Lipinski definition) is 6. The standard InChI is InChI=1S/C25H22N2O3S2/c1-4-14-30-24(29)21-16(2)26-25-27(22(21)18-10-12-19(31-3)13-11-18)23(28)20(32-25)15-17-8-6-5-7-9-17/h4-13,15,22H,1,14H2,2-3H3. The number of allylic oxidation sites excluding steroid dienone is 1. The number of carbonyl (C=O) groups is 1. The highest BCUT2D eigenvalue weighted by Crippen LogP contribution is 2.31. The second-order valence-corrected chi connectivity index (χ2v) is 9.04. The van der Waals surface area contributed by atoms with E-state index in [-0.39, 0.29) is 12.2 Å². The average Bonchev–Trinajstić information content (AvgIpc) is 3.11. The molecule has 7 heteroatoms. The minimum absolute atomic E-state index is 0.0895. The maximum Gasteiger partial charge on any atom is 0.338 e. The Kier molecular flexibility index (Phi) is 6.58. The van der Waals surface area contributed by atoms with Crippen molar-refractivity contribution in [3.63, 3.8) is 0 Å². The van der Waals surface area contributed by atoms with Gasteiger partial charge in [-0.15, -0.1) is 11.8 Å². The average molecular weight is 463 g/mol. The Morgan fingerprint density at radius 2 is 1.94 bits per heavy atom. The number of aromatic nitrogens is 1. The topological polar surface area (TPSA) is 60.7 Å². The lowest BCUT2D eigenvalue weighted by Gasteiger charge is -2.24. The SMILES string of the molecule is C=CCOC(=O)C1=C(C)N=c2sc(=Cc3ccccc3)c(=O)n2C1c1ccc(SC)cc1. The summed E-state index contributed by atoms with van der Waals surface area (Å²) in [4.78, 5) is 32.7. The molecule has 2 heterocycles. The third kappa shape index (κ3) is 4.26. The zero-order chi connectivity index (χ0) is 22.7. The van der Waals surface area contributed by atoms with Gasteiger partial charge in [-0.1, -0.05) is 66.5 Å². The predicted molar refractivity (Wildman–Crippen MR) is 130 cm³/mol. The third-order valence-electron chi connectivity index (χ3n) is 5.10. The van der Waals surface area contributed by atoms with E-state index in [2.05, 4.69) is 11.6 Å². The van der Waals surface area contributed by atoms with E-state index in [1.165, 1.54) is 17.4 Å². The number of thioether (sulfide) groups is 1. The predicted octanol–water partition coefficient (Wildman–Crippen LogP) is 3.69. The van der Waals surface area contributed by atoms with Crippen LogP contribution in [0.3, 0.4) is 0 Å². The Morgan fingerprint density at radius 1 is 1.22 bits per heavy atom. The molecule has 0 spiro atoms. The zero-order valence-corrected chi connectivity index (χ0v) is 19.4. The van der Waals surface area contributed by atoms with Crippen LogP contribution >= 0.6 is 23.1 Å². The van der Waals surface area contributed by atoms with Crippen LogP contribution in [0.5, 0.6) is 0 Å². The van der Waals surface area contributed by atoms with Gasteiger partial charge in [0.2, 0.25) is 0 Å². The fourth-order valence-electron chi connectivity index (χ4n) is 3.60. The van der Waals surface area contributed by atoms with E-state index in [4.69, 9.17) is 4.74 Å². The normalized spacial score (nSPS) is 15.8. The van der Waals surface area contributed by atoms with Gasteiger partial charge < -0.3 is 4.74 Å². The summed E-state index contributed by atoms with van der Waals surface area (Å²) in [5.41, 5.74) is 2.49. The molecule has 5 nitrogen and oxygen atoms in total. The Bertz CT molecular complexity index is 1370. The summed E-state index contributed by atoms with van der Waals surface area (Å²) < 4.78 is 7.52. The fraction of sp³-hybridized carbons (Fsp3) is 0.160. The van der Waals surface area contributed by atoms with Crippen molar-refractivity contribution in [1.82, 2.24) is 4.57 Å². The highest BCUT2D eigenvalue weighted by Gasteiger charge is 2.33. The van der Waals surface area contributed by atoms with Gasteiger partial charge in [0.25, 0.3) is 5.56 Å². The number of carbonyl (C=O) groups excluding carboxylic acids is 1. The molecule has 3 aromatic rings. The van der Waals surface area contributed by atoms with E-state index in [1.54, 1.807) is 23.3 Å². The summed E-state index contributed by atoms with van der Waals surface area (Å²) in [6.45, 7) is 5.48. The van der Waals surface area contributed by atoms with Crippen LogP contribution in [0.2, 0.25) is 0 Å². The minimum atomic E-state index is -0.614. The first-order valence-corrected chi connectivity index (χ1v) is 12.1. The maximum atomic E-state index is 13.5. The lowest BCUT2D eigenvalue weighted by Crippen LogP contribution is -2.39. The monoisotopic (exact) mass is 462 g/mol. The lowest BCUT2D eigenvalue weighted by atomic mass is 9.96. The van der Waals surface area contributed by atoms with E-state index < -0.39 is 12.0 Å². The number of rotatable bonds is 6. The minimum Gasteiger partial charge on any atom is -0.458 e. The van der Waals surface area contributed by atoms with Gasteiger partial charge in [0.05, 0.1) is 21.8 Å². The van der Waals surface area contributed by atoms with Crippen LogP contribution in [0.25, 0.3) is 6.08 Å². The molecule has 1 atom stereocenters. The molecular weight excluding hydrogens is 440 g/mol. The molecule has 162 valence electrons. The summed E-state index contributed by atoms with van der Waals surface area (Å²) in [5.74, 6) is -0.498. The number of nitrogens with zero attached hydrogens (tertiary/aromatic N) is 2. The number of benzene rings is 2. The van der Waals surface area contributed by atoms with Gasteiger partial charge in [0.15, 0.2) is 4.80 Å². The summed E-state index contributed by atoms with van der Waals surface area (Å²) in [5, 5.41) is 0. The van der Waals surface area contributed by atoms with E-state index in [1.807, 2.05) is 66.9 Å². The first-order valence-electron chi connectivity index (χ1n) is 10.0. The second kappa shape index (κ2) is 9.54. The van der Waals surface area contributed by atoms with Crippen molar-refractivity contribution >= 4 is 35.1 Å². The number of hydrogen-bond donors (Lipinski definition) is 0. The molecule has 0 saturated heterocycles. The van der Waals surface area contributed by atoms with Crippen LogP contribution in [0.4, 0.5) is 0 Å². The lowest BCUT2D eigenvalue weighted by molar-refractivity contribution is -0.138. The second-order valence-electron chi connectivity index (χ2n) is 7.15. The molecule has 4 rings (SSSR count). The van der Waals surface area contributed by atoms with Crippen LogP contribution in [0, 0.1) is 0 Å². The van der Waals surface area contributed by atoms with Crippen molar-refractivity contribution in [3.05, 3.63) is 109 Å². The van der Waals surface area contributed by atoms with Crippen LogP contribution in [-0.2, 0) is 9.53 Å². The molecule has 0 radical (unpaired) electrons. The summed E-state index contributed by atoms with van der Waals surface area (Å²) in [7, 11) is 0. The van der Waals surface area contributed by atoms with E-state index in [0.717, 1.165) is 16.0 Å². The van der Waals surface area contributed by atoms with Crippen LogP contribution < -0.4 is 14.9 Å². The van der Waals surface area contributed by atoms with Gasteiger partial charge >= 0.3 is 5.97 Å². The molecule has 32 heavy (non-hydrogen) atoms. The molecule has 1 aliphatic rings. The molecule has 0 aliphatic carbocycles. The Hall–Kier alpha value is -3.16. The van der Waals surface area contributed by atoms with Gasteiger partial charge in [-0.2, -0.15) is 0 Å². The molecule has 0 amide bonds. The van der Waals surface area contributed by atoms with Crippen molar-refractivity contribution in [2.75, 3.05) is 12.9 Å². The molecule has 0 N–H and O–H groups in total. The van der Waals surface area contributed by atoms with E-state index in [9.17, 15) is 9.59 Å². The van der Waals surface area contributed by atoms with Gasteiger partial charge in [-0.05, 0) is 42.5 Å². The highest BCUT2D eigenvalue weighted by atomic mass is 32.2. The number of esters is 1. The molecule has 2 aromatic carbocycles. The van der Waals surface area contributed by atoms with Crippen LogP contribution in [0.15, 0.2) is 93.2 Å². The van der Waals surface area contributed by atoms with E-state index in [0.29, 0.717) is 20.6 Å². The first-order chi connectivity index (χ1) is 15.5. The van der Waals surface area contributed by atoms with Crippen molar-refractivity contribution in [1.29, 1.82) is 0 Å². The number of thiazole rings is 1. The van der Waals surface area contributed by atoms with Gasteiger partial charge in [-0.25, -0.2) is 9.79 Å². The largest absolute Gasteiger partial charge is 0.458 e. The molecule has 1 unspecified atom stereocenters. The highest BCUT2D eigenvalue weighted by molar-refractivity contribution is 7.98. The molecular formula is C25H22N2O3S2. The Balaban J connectivity index is 1.92. The fourth-order valence-corrected chi connectivity index (χ4v) is 5.05. The van der Waals surface area contributed by atoms with Crippen molar-refractivity contribution < 1.29 is 9.53 Å². The first kappa shape index (κ1) is 22.0. The quantitative estimate of drug-likeness (QED) is 0.319. The third-order valence-corrected chi connectivity index (χ3v) is 6.83. The summed E-state index contributed by atoms with van der Waals surface area (Å²) in [6, 6.07) is 16.9. The molecule has 1 aromatic heterocycles. The van der Waals surface area contributed by atoms with Gasteiger partial charge in [-0.3, -0.25) is 9.36 Å². The van der Waals surface area contributed by atoms with Gasteiger partial charge in [0.1, 0.15) is 6.61 Å². The molecule has 0 saturated carbocycles. The smallest absolute Gasteiger partial charge is 0.338 e. The Labute approximate surface area is 194 Å². The van der Waals surface area contributed by atoms with Crippen LogP contribution in [-0.4, -0.2) is 23.4 Å². The van der Waals surface area contributed by atoms with Crippen LogP contribution in [0.1, 0.15) is 24.1 Å². The summed E-state index contributed by atoms with van der Waals surface area (Å²) in [6.07, 6.45) is 5.38. The molecule has 0 fully saturated rings.